The van der Waals surface area contributed by atoms with Crippen molar-refractivity contribution in [1.29, 1.82) is 0 Å². The van der Waals surface area contributed by atoms with E-state index in [1.165, 1.54) is 12.8 Å². The molecule has 2 N–H and O–H groups in total. The van der Waals surface area contributed by atoms with Gasteiger partial charge in [-0.15, -0.1) is 0 Å². The maximum Gasteiger partial charge on any atom is 0.0572 e. The zero-order chi connectivity index (χ0) is 8.32. The van der Waals surface area contributed by atoms with Crippen molar-refractivity contribution in [2.45, 2.75) is 39.8 Å². The van der Waals surface area contributed by atoms with Crippen molar-refractivity contribution in [2.75, 3.05) is 13.1 Å². The fourth-order valence-corrected chi connectivity index (χ4v) is 1.35. The Morgan fingerprint density at radius 1 is 1.18 bits per heavy atom. The summed E-state index contributed by atoms with van der Waals surface area (Å²) in [6.45, 7) is 9.15. The third-order valence-electron chi connectivity index (χ3n) is 2.09. The topological polar surface area (TPSA) is 24.1 Å². The Morgan fingerprint density at radius 3 is 2.18 bits per heavy atom. The van der Waals surface area contributed by atoms with E-state index in [1.54, 1.807) is 0 Å². The highest BCUT2D eigenvalue weighted by Gasteiger charge is 2.16. The molecule has 2 heteroatoms. The molecule has 66 valence electrons. The van der Waals surface area contributed by atoms with Gasteiger partial charge >= 0.3 is 0 Å². The average molecular weight is 156 g/mol. The van der Waals surface area contributed by atoms with E-state index in [0.29, 0.717) is 11.6 Å². The molecule has 0 amide bonds. The Balaban J connectivity index is 2.11. The molecule has 0 bridgehead atoms. The molecular weight excluding hydrogens is 136 g/mol. The number of hydrogen-bond donors (Lipinski definition) is 2. The van der Waals surface area contributed by atoms with E-state index in [2.05, 4.69) is 31.4 Å². The second-order valence-electron chi connectivity index (χ2n) is 4.56. The van der Waals surface area contributed by atoms with E-state index in [4.69, 9.17) is 0 Å². The SMILES string of the molecule is CC(C)(C)CCC1NCCN1. The van der Waals surface area contributed by atoms with Gasteiger partial charge in [0, 0.05) is 13.1 Å². The van der Waals surface area contributed by atoms with Gasteiger partial charge in [0.05, 0.1) is 6.17 Å². The fourth-order valence-electron chi connectivity index (χ4n) is 1.35. The molecule has 11 heavy (non-hydrogen) atoms. The smallest absolute Gasteiger partial charge is 0.0572 e. The predicted molar refractivity (Wildman–Crippen MR) is 48.5 cm³/mol. The van der Waals surface area contributed by atoms with Gasteiger partial charge < -0.3 is 10.6 Å². The van der Waals surface area contributed by atoms with Crippen LogP contribution in [-0.2, 0) is 0 Å². The summed E-state index contributed by atoms with van der Waals surface area (Å²) in [4.78, 5) is 0. The van der Waals surface area contributed by atoms with Crippen LogP contribution < -0.4 is 10.6 Å². The highest BCUT2D eigenvalue weighted by atomic mass is 15.2. The third-order valence-corrected chi connectivity index (χ3v) is 2.09. The molecule has 0 aromatic heterocycles. The lowest BCUT2D eigenvalue weighted by Crippen LogP contribution is -2.31. The van der Waals surface area contributed by atoms with Crippen molar-refractivity contribution in [3.8, 4) is 0 Å². The monoisotopic (exact) mass is 156 g/mol. The van der Waals surface area contributed by atoms with Crippen LogP contribution in [0.4, 0.5) is 0 Å². The van der Waals surface area contributed by atoms with Crippen LogP contribution in [0, 0.1) is 5.41 Å². The Bertz CT molecular complexity index is 109. The van der Waals surface area contributed by atoms with Crippen LogP contribution in [0.5, 0.6) is 0 Å². The third kappa shape index (κ3) is 3.73. The molecule has 1 aliphatic rings. The van der Waals surface area contributed by atoms with Crippen LogP contribution in [-0.4, -0.2) is 19.3 Å². The molecule has 0 saturated carbocycles. The minimum absolute atomic E-state index is 0.478. The van der Waals surface area contributed by atoms with Gasteiger partial charge in [-0.25, -0.2) is 0 Å². The van der Waals surface area contributed by atoms with E-state index in [9.17, 15) is 0 Å². The Morgan fingerprint density at radius 2 is 1.73 bits per heavy atom. The summed E-state index contributed by atoms with van der Waals surface area (Å²) in [6, 6.07) is 0. The van der Waals surface area contributed by atoms with Crippen LogP contribution in [0.2, 0.25) is 0 Å². The molecule has 2 nitrogen and oxygen atoms in total. The molecule has 0 unspecified atom stereocenters. The normalized spacial score (nSPS) is 21.0. The molecule has 0 radical (unpaired) electrons. The molecule has 1 saturated heterocycles. The van der Waals surface area contributed by atoms with E-state index < -0.39 is 0 Å². The first-order chi connectivity index (χ1) is 5.08. The van der Waals surface area contributed by atoms with Gasteiger partial charge in [-0.05, 0) is 18.3 Å². The van der Waals surface area contributed by atoms with Gasteiger partial charge in [-0.3, -0.25) is 0 Å². The average Bonchev–Trinajstić information content (AvgIpc) is 2.32. The number of rotatable bonds is 2. The van der Waals surface area contributed by atoms with Crippen LogP contribution in [0.3, 0.4) is 0 Å². The van der Waals surface area contributed by atoms with Crippen LogP contribution in [0.15, 0.2) is 0 Å². The summed E-state index contributed by atoms with van der Waals surface area (Å²) < 4.78 is 0. The quantitative estimate of drug-likeness (QED) is 0.630. The summed E-state index contributed by atoms with van der Waals surface area (Å²) >= 11 is 0. The lowest BCUT2D eigenvalue weighted by Gasteiger charge is -2.20. The van der Waals surface area contributed by atoms with Crippen LogP contribution >= 0.6 is 0 Å². The Hall–Kier alpha value is -0.0800. The number of hydrogen-bond acceptors (Lipinski definition) is 2. The maximum atomic E-state index is 3.42. The Kier molecular flexibility index (Phi) is 2.90. The van der Waals surface area contributed by atoms with Crippen LogP contribution in [0.1, 0.15) is 33.6 Å². The van der Waals surface area contributed by atoms with Gasteiger partial charge in [-0.2, -0.15) is 0 Å². The lowest BCUT2D eigenvalue weighted by molar-refractivity contribution is 0.332. The van der Waals surface area contributed by atoms with E-state index in [-0.39, 0.29) is 0 Å². The lowest BCUT2D eigenvalue weighted by atomic mass is 9.90. The van der Waals surface area contributed by atoms with Gasteiger partial charge in [0.2, 0.25) is 0 Å². The van der Waals surface area contributed by atoms with Crippen LogP contribution in [0.25, 0.3) is 0 Å². The molecule has 0 spiro atoms. The highest BCUT2D eigenvalue weighted by molar-refractivity contribution is 4.74. The summed E-state index contributed by atoms with van der Waals surface area (Å²) in [5.41, 5.74) is 0.478. The zero-order valence-corrected chi connectivity index (χ0v) is 7.91. The molecule has 1 heterocycles. The Labute approximate surface area is 69.8 Å². The minimum Gasteiger partial charge on any atom is -0.301 e. The van der Waals surface area contributed by atoms with Crippen molar-refractivity contribution >= 4 is 0 Å². The van der Waals surface area contributed by atoms with Crippen molar-refractivity contribution in [3.05, 3.63) is 0 Å². The maximum absolute atomic E-state index is 3.42. The van der Waals surface area contributed by atoms with Gasteiger partial charge in [0.25, 0.3) is 0 Å². The molecule has 1 rings (SSSR count). The van der Waals surface area contributed by atoms with E-state index in [0.717, 1.165) is 13.1 Å². The molecule has 1 aliphatic heterocycles. The summed E-state index contributed by atoms with van der Waals surface area (Å²) in [7, 11) is 0. The second kappa shape index (κ2) is 3.55. The highest BCUT2D eigenvalue weighted by Crippen LogP contribution is 2.21. The van der Waals surface area contributed by atoms with Crippen molar-refractivity contribution in [3.63, 3.8) is 0 Å². The van der Waals surface area contributed by atoms with Gasteiger partial charge in [-0.1, -0.05) is 20.8 Å². The predicted octanol–water partition coefficient (Wildman–Crippen LogP) is 1.33. The molecule has 0 atom stereocenters. The second-order valence-corrected chi connectivity index (χ2v) is 4.56. The van der Waals surface area contributed by atoms with Gasteiger partial charge in [0.15, 0.2) is 0 Å². The molecular formula is C9H20N2. The summed E-state index contributed by atoms with van der Waals surface area (Å²) in [6.07, 6.45) is 3.12. The number of nitrogens with one attached hydrogen (secondary N) is 2. The van der Waals surface area contributed by atoms with E-state index in [1.807, 2.05) is 0 Å². The summed E-state index contributed by atoms with van der Waals surface area (Å²) in [5, 5.41) is 6.84. The standard InChI is InChI=1S/C9H20N2/c1-9(2,3)5-4-8-10-6-7-11-8/h8,10-11H,4-7H2,1-3H3. The first kappa shape index (κ1) is 9.01. The van der Waals surface area contributed by atoms with E-state index >= 15 is 0 Å². The molecule has 0 aromatic rings. The summed E-state index contributed by atoms with van der Waals surface area (Å²) in [5.74, 6) is 0. The van der Waals surface area contributed by atoms with Crippen molar-refractivity contribution < 1.29 is 0 Å². The van der Waals surface area contributed by atoms with Gasteiger partial charge in [0.1, 0.15) is 0 Å². The zero-order valence-electron chi connectivity index (χ0n) is 7.91. The first-order valence-electron chi connectivity index (χ1n) is 4.55. The van der Waals surface area contributed by atoms with Crippen molar-refractivity contribution in [2.24, 2.45) is 5.41 Å². The minimum atomic E-state index is 0.478. The molecule has 0 aliphatic carbocycles. The largest absolute Gasteiger partial charge is 0.301 e. The fraction of sp³-hybridized carbons (Fsp3) is 1.00. The van der Waals surface area contributed by atoms with Crippen molar-refractivity contribution in [1.82, 2.24) is 10.6 Å². The molecule has 1 fully saturated rings. The first-order valence-corrected chi connectivity index (χ1v) is 4.55. The molecule has 0 aromatic carbocycles.